The SMILES string of the molecule is COCCCNC(=O)[C@@]1(C)Cn2nc(-c3ccccc3)cc2C(=O)N1c1ccccc1F. The molecule has 8 heteroatoms. The van der Waals surface area contributed by atoms with Gasteiger partial charge in [-0.25, -0.2) is 4.39 Å². The lowest BCUT2D eigenvalue weighted by molar-refractivity contribution is -0.126. The molecule has 0 bridgehead atoms. The minimum atomic E-state index is -1.38. The lowest BCUT2D eigenvalue weighted by atomic mass is 9.93. The third-order valence-electron chi connectivity index (χ3n) is 5.62. The molecule has 0 radical (unpaired) electrons. The number of hydrogen-bond acceptors (Lipinski definition) is 4. The highest BCUT2D eigenvalue weighted by atomic mass is 19.1. The molecule has 0 aliphatic carbocycles. The Morgan fingerprint density at radius 3 is 2.62 bits per heavy atom. The number of nitrogens with zero attached hydrogens (tertiary/aromatic N) is 3. The summed E-state index contributed by atoms with van der Waals surface area (Å²) in [5.74, 6) is -1.44. The molecule has 0 saturated carbocycles. The van der Waals surface area contributed by atoms with Gasteiger partial charge in [-0.3, -0.25) is 19.2 Å². The van der Waals surface area contributed by atoms with E-state index >= 15 is 0 Å². The highest BCUT2D eigenvalue weighted by Crippen LogP contribution is 2.35. The Balaban J connectivity index is 1.76. The van der Waals surface area contributed by atoms with Gasteiger partial charge in [-0.2, -0.15) is 5.10 Å². The fraction of sp³-hybridized carbons (Fsp3) is 0.292. The van der Waals surface area contributed by atoms with Crippen LogP contribution in [0.15, 0.2) is 60.7 Å². The molecular formula is C24H25FN4O3. The van der Waals surface area contributed by atoms with Gasteiger partial charge in [0.25, 0.3) is 5.91 Å². The Kier molecular flexibility index (Phi) is 6.05. The number of amides is 2. The molecule has 2 heterocycles. The summed E-state index contributed by atoms with van der Waals surface area (Å²) in [5.41, 5.74) is 0.453. The Bertz CT molecular complexity index is 1130. The number of fused-ring (bicyclic) bond motifs is 1. The Morgan fingerprint density at radius 1 is 1.19 bits per heavy atom. The topological polar surface area (TPSA) is 76.5 Å². The molecule has 4 rings (SSSR count). The summed E-state index contributed by atoms with van der Waals surface area (Å²) in [6.07, 6.45) is 0.622. The van der Waals surface area contributed by atoms with Gasteiger partial charge in [-0.1, -0.05) is 42.5 Å². The Labute approximate surface area is 185 Å². The number of halogens is 1. The molecule has 0 fully saturated rings. The maximum Gasteiger partial charge on any atom is 0.277 e. The quantitative estimate of drug-likeness (QED) is 0.577. The van der Waals surface area contributed by atoms with E-state index in [2.05, 4.69) is 10.4 Å². The van der Waals surface area contributed by atoms with Crippen molar-refractivity contribution in [2.45, 2.75) is 25.4 Å². The average Bonchev–Trinajstić information content (AvgIpc) is 3.22. The van der Waals surface area contributed by atoms with E-state index in [-0.39, 0.29) is 18.1 Å². The molecule has 1 aromatic heterocycles. The minimum absolute atomic E-state index is 0.0563. The predicted octanol–water partition coefficient (Wildman–Crippen LogP) is 3.26. The number of nitrogens with one attached hydrogen (secondary N) is 1. The first-order valence-electron chi connectivity index (χ1n) is 10.5. The molecule has 1 aliphatic heterocycles. The van der Waals surface area contributed by atoms with Crippen molar-refractivity contribution >= 4 is 17.5 Å². The number of rotatable bonds is 7. The monoisotopic (exact) mass is 436 g/mol. The predicted molar refractivity (Wildman–Crippen MR) is 119 cm³/mol. The largest absolute Gasteiger partial charge is 0.385 e. The number of carbonyl (C=O) groups is 2. The summed E-state index contributed by atoms with van der Waals surface area (Å²) in [6.45, 7) is 2.60. The molecule has 2 amide bonds. The number of carbonyl (C=O) groups excluding carboxylic acids is 2. The van der Waals surface area contributed by atoms with Gasteiger partial charge in [0, 0.05) is 25.8 Å². The van der Waals surface area contributed by atoms with Crippen LogP contribution in [0.2, 0.25) is 0 Å². The Morgan fingerprint density at radius 2 is 1.91 bits per heavy atom. The lowest BCUT2D eigenvalue weighted by Crippen LogP contribution is -2.64. The minimum Gasteiger partial charge on any atom is -0.385 e. The van der Waals surface area contributed by atoms with Crippen molar-refractivity contribution in [3.8, 4) is 11.3 Å². The number of anilines is 1. The van der Waals surface area contributed by atoms with Gasteiger partial charge < -0.3 is 10.1 Å². The lowest BCUT2D eigenvalue weighted by Gasteiger charge is -2.43. The third kappa shape index (κ3) is 3.89. The van der Waals surface area contributed by atoms with Gasteiger partial charge in [0.15, 0.2) is 0 Å². The Hall–Kier alpha value is -3.52. The summed E-state index contributed by atoms with van der Waals surface area (Å²) in [5, 5.41) is 7.45. The standard InChI is InChI=1S/C24H25FN4O3/c1-24(23(31)26-13-8-14-32-2)16-28-21(15-19(27-28)17-9-4-3-5-10-17)22(30)29(24)20-12-7-6-11-18(20)25/h3-7,9-12,15H,8,13-14,16H2,1-2H3,(H,26,31)/t24-/m1/s1. The first kappa shape index (κ1) is 21.7. The van der Waals surface area contributed by atoms with E-state index in [1.807, 2.05) is 30.3 Å². The van der Waals surface area contributed by atoms with Gasteiger partial charge in [0.05, 0.1) is 17.9 Å². The van der Waals surface area contributed by atoms with Gasteiger partial charge in [-0.15, -0.1) is 0 Å². The highest BCUT2D eigenvalue weighted by molar-refractivity contribution is 6.12. The van der Waals surface area contributed by atoms with Gasteiger partial charge in [-0.05, 0) is 31.5 Å². The van der Waals surface area contributed by atoms with Crippen LogP contribution in [-0.2, 0) is 16.1 Å². The van der Waals surface area contributed by atoms with E-state index in [0.717, 1.165) is 5.56 Å². The molecular weight excluding hydrogens is 411 g/mol. The maximum absolute atomic E-state index is 14.8. The normalized spacial score (nSPS) is 17.8. The van der Waals surface area contributed by atoms with E-state index in [9.17, 15) is 14.0 Å². The van der Waals surface area contributed by atoms with Crippen LogP contribution in [0.1, 0.15) is 23.8 Å². The van der Waals surface area contributed by atoms with Crippen LogP contribution < -0.4 is 10.2 Å². The highest BCUT2D eigenvalue weighted by Gasteiger charge is 2.49. The van der Waals surface area contributed by atoms with Crippen molar-refractivity contribution in [2.24, 2.45) is 0 Å². The summed E-state index contributed by atoms with van der Waals surface area (Å²) in [7, 11) is 1.59. The van der Waals surface area contributed by atoms with Crippen molar-refractivity contribution in [3.05, 3.63) is 72.2 Å². The number of methoxy groups -OCH3 is 1. The zero-order valence-corrected chi connectivity index (χ0v) is 18.0. The molecule has 7 nitrogen and oxygen atoms in total. The average molecular weight is 436 g/mol. The van der Waals surface area contributed by atoms with Crippen molar-refractivity contribution in [3.63, 3.8) is 0 Å². The molecule has 0 saturated heterocycles. The van der Waals surface area contributed by atoms with Gasteiger partial charge >= 0.3 is 0 Å². The molecule has 0 unspecified atom stereocenters. The van der Waals surface area contributed by atoms with Crippen molar-refractivity contribution < 1.29 is 18.7 Å². The van der Waals surface area contributed by atoms with Crippen molar-refractivity contribution in [1.82, 2.24) is 15.1 Å². The second-order valence-corrected chi connectivity index (χ2v) is 7.91. The summed E-state index contributed by atoms with van der Waals surface area (Å²) in [6, 6.07) is 17.1. The molecule has 2 aromatic carbocycles. The van der Waals surface area contributed by atoms with E-state index in [1.165, 1.54) is 21.7 Å². The number of benzene rings is 2. The summed E-state index contributed by atoms with van der Waals surface area (Å²) < 4.78 is 21.4. The zero-order valence-electron chi connectivity index (χ0n) is 18.0. The second kappa shape index (κ2) is 8.92. The number of para-hydroxylation sites is 1. The van der Waals surface area contributed by atoms with E-state index in [4.69, 9.17) is 4.74 Å². The third-order valence-corrected chi connectivity index (χ3v) is 5.62. The van der Waals surface area contributed by atoms with Crippen LogP contribution in [0.3, 0.4) is 0 Å². The van der Waals surface area contributed by atoms with Crippen LogP contribution >= 0.6 is 0 Å². The first-order valence-corrected chi connectivity index (χ1v) is 10.5. The fourth-order valence-electron chi connectivity index (χ4n) is 3.95. The van der Waals surface area contributed by atoms with Crippen LogP contribution in [0.25, 0.3) is 11.3 Å². The first-order chi connectivity index (χ1) is 15.5. The van der Waals surface area contributed by atoms with E-state index in [0.29, 0.717) is 31.0 Å². The van der Waals surface area contributed by atoms with Crippen molar-refractivity contribution in [2.75, 3.05) is 25.2 Å². The van der Waals surface area contributed by atoms with Crippen LogP contribution in [0.4, 0.5) is 10.1 Å². The smallest absolute Gasteiger partial charge is 0.277 e. The number of aromatic nitrogens is 2. The second-order valence-electron chi connectivity index (χ2n) is 7.91. The zero-order chi connectivity index (χ0) is 22.7. The maximum atomic E-state index is 14.8. The fourth-order valence-corrected chi connectivity index (χ4v) is 3.95. The molecule has 1 aliphatic rings. The van der Waals surface area contributed by atoms with Crippen LogP contribution in [0, 0.1) is 5.82 Å². The molecule has 1 atom stereocenters. The van der Waals surface area contributed by atoms with E-state index in [1.54, 1.807) is 32.2 Å². The van der Waals surface area contributed by atoms with Crippen LogP contribution in [-0.4, -0.2) is 47.4 Å². The number of hydrogen-bond donors (Lipinski definition) is 1. The summed E-state index contributed by atoms with van der Waals surface area (Å²) in [4.78, 5) is 28.2. The number of ether oxygens (including phenoxy) is 1. The van der Waals surface area contributed by atoms with Crippen LogP contribution in [0.5, 0.6) is 0 Å². The molecule has 1 N–H and O–H groups in total. The molecule has 32 heavy (non-hydrogen) atoms. The van der Waals surface area contributed by atoms with Gasteiger partial charge in [0.2, 0.25) is 5.91 Å². The summed E-state index contributed by atoms with van der Waals surface area (Å²) >= 11 is 0. The van der Waals surface area contributed by atoms with E-state index < -0.39 is 17.3 Å². The van der Waals surface area contributed by atoms with Crippen molar-refractivity contribution in [1.29, 1.82) is 0 Å². The molecule has 0 spiro atoms. The molecule has 3 aromatic rings. The molecule has 166 valence electrons. The van der Waals surface area contributed by atoms with Gasteiger partial charge in [0.1, 0.15) is 17.1 Å².